The number of ether oxygens (including phenoxy) is 1. The molecule has 2 heterocycles. The standard InChI is InChI=1S/C20H20N4O2.C2H4O2/c1-26-13-7-8-16-17(11-13)22-19(20(25)23-16)15-12-24(10-4-9-21)18-6-3-2-5-14(15)18;1-2(3)4/h2-3,5-8,11-12H,4,9-10,21H2,1H3,(H,23,25);1H3,(H,3,4). The highest BCUT2D eigenvalue weighted by Gasteiger charge is 2.15. The molecule has 8 heteroatoms. The zero-order valence-corrected chi connectivity index (χ0v) is 16.9. The van der Waals surface area contributed by atoms with Crippen LogP contribution in [0.2, 0.25) is 0 Å². The number of nitrogens with two attached hydrogens (primary N) is 1. The Balaban J connectivity index is 0.000000589. The number of rotatable bonds is 5. The Labute approximate surface area is 172 Å². The van der Waals surface area contributed by atoms with Gasteiger partial charge in [-0.15, -0.1) is 0 Å². The van der Waals surface area contributed by atoms with Gasteiger partial charge in [-0.1, -0.05) is 18.2 Å². The summed E-state index contributed by atoms with van der Waals surface area (Å²) in [6.45, 7) is 2.51. The topological polar surface area (TPSA) is 123 Å². The largest absolute Gasteiger partial charge is 0.497 e. The van der Waals surface area contributed by atoms with Crippen LogP contribution in [0.3, 0.4) is 0 Å². The number of fused-ring (bicyclic) bond motifs is 2. The second-order valence-electron chi connectivity index (χ2n) is 6.71. The number of H-pyrrole nitrogens is 1. The van der Waals surface area contributed by atoms with E-state index in [4.69, 9.17) is 20.4 Å². The highest BCUT2D eigenvalue weighted by Crippen LogP contribution is 2.29. The number of aryl methyl sites for hydroxylation is 1. The van der Waals surface area contributed by atoms with Gasteiger partial charge in [-0.2, -0.15) is 0 Å². The third-order valence-corrected chi connectivity index (χ3v) is 4.55. The van der Waals surface area contributed by atoms with Gasteiger partial charge >= 0.3 is 0 Å². The summed E-state index contributed by atoms with van der Waals surface area (Å²) in [4.78, 5) is 29.2. The lowest BCUT2D eigenvalue weighted by molar-refractivity contribution is -0.134. The number of nitrogens with zero attached hydrogens (tertiary/aromatic N) is 2. The van der Waals surface area contributed by atoms with Crippen LogP contribution in [0.4, 0.5) is 0 Å². The van der Waals surface area contributed by atoms with Crippen molar-refractivity contribution in [2.24, 2.45) is 5.73 Å². The van der Waals surface area contributed by atoms with Crippen LogP contribution in [0.15, 0.2) is 53.5 Å². The first-order valence-corrected chi connectivity index (χ1v) is 9.50. The number of carbonyl (C=O) groups is 1. The third-order valence-electron chi connectivity index (χ3n) is 4.55. The molecule has 0 amide bonds. The molecule has 0 aliphatic carbocycles. The summed E-state index contributed by atoms with van der Waals surface area (Å²) in [7, 11) is 1.61. The van der Waals surface area contributed by atoms with Crippen LogP contribution in [0.5, 0.6) is 5.75 Å². The lowest BCUT2D eigenvalue weighted by atomic mass is 10.1. The number of carboxylic acid groups (broad SMARTS) is 1. The second kappa shape index (κ2) is 9.23. The Morgan fingerprint density at radius 1 is 1.27 bits per heavy atom. The minimum atomic E-state index is -0.833. The maximum atomic E-state index is 12.7. The van der Waals surface area contributed by atoms with E-state index in [-0.39, 0.29) is 5.56 Å². The van der Waals surface area contributed by atoms with Crippen LogP contribution < -0.4 is 16.0 Å². The number of aliphatic carboxylic acids is 1. The van der Waals surface area contributed by atoms with Gasteiger partial charge in [-0.05, 0) is 31.2 Å². The molecule has 0 saturated heterocycles. The molecular weight excluding hydrogens is 384 g/mol. The van der Waals surface area contributed by atoms with Crippen LogP contribution in [0.25, 0.3) is 33.2 Å². The van der Waals surface area contributed by atoms with Crippen molar-refractivity contribution in [1.29, 1.82) is 0 Å². The number of benzene rings is 2. The van der Waals surface area contributed by atoms with E-state index in [9.17, 15) is 4.79 Å². The van der Waals surface area contributed by atoms with Crippen molar-refractivity contribution in [2.45, 2.75) is 19.9 Å². The molecule has 4 aromatic rings. The fourth-order valence-corrected chi connectivity index (χ4v) is 3.25. The fourth-order valence-electron chi connectivity index (χ4n) is 3.25. The normalized spacial score (nSPS) is 10.6. The lowest BCUT2D eigenvalue weighted by Crippen LogP contribution is -2.11. The average molecular weight is 408 g/mol. The first-order chi connectivity index (χ1) is 14.4. The fraction of sp³-hybridized carbons (Fsp3) is 0.227. The summed E-state index contributed by atoms with van der Waals surface area (Å²) in [6.07, 6.45) is 2.86. The van der Waals surface area contributed by atoms with Gasteiger partial charge < -0.3 is 25.1 Å². The van der Waals surface area contributed by atoms with Crippen molar-refractivity contribution in [3.05, 3.63) is 59.0 Å². The van der Waals surface area contributed by atoms with Crippen LogP contribution in [-0.2, 0) is 11.3 Å². The molecule has 0 radical (unpaired) electrons. The molecule has 0 saturated carbocycles. The molecule has 156 valence electrons. The van der Waals surface area contributed by atoms with Gasteiger partial charge in [0.25, 0.3) is 11.5 Å². The van der Waals surface area contributed by atoms with Crippen molar-refractivity contribution in [1.82, 2.24) is 14.5 Å². The zero-order valence-electron chi connectivity index (χ0n) is 16.9. The van der Waals surface area contributed by atoms with Crippen molar-refractivity contribution < 1.29 is 14.6 Å². The molecule has 2 aromatic carbocycles. The summed E-state index contributed by atoms with van der Waals surface area (Å²) >= 11 is 0. The van der Waals surface area contributed by atoms with Gasteiger partial charge in [-0.3, -0.25) is 9.59 Å². The molecule has 4 rings (SSSR count). The van der Waals surface area contributed by atoms with Crippen LogP contribution in [0, 0.1) is 0 Å². The van der Waals surface area contributed by atoms with E-state index in [0.29, 0.717) is 29.0 Å². The number of methoxy groups -OCH3 is 1. The van der Waals surface area contributed by atoms with Crippen LogP contribution in [-0.4, -0.2) is 39.3 Å². The van der Waals surface area contributed by atoms with Gasteiger partial charge in [0, 0.05) is 42.2 Å². The first-order valence-electron chi connectivity index (χ1n) is 9.50. The van der Waals surface area contributed by atoms with Crippen molar-refractivity contribution in [3.63, 3.8) is 0 Å². The molecule has 0 fully saturated rings. The summed E-state index contributed by atoms with van der Waals surface area (Å²) in [5.74, 6) is -0.131. The second-order valence-corrected chi connectivity index (χ2v) is 6.71. The Morgan fingerprint density at radius 3 is 2.70 bits per heavy atom. The van der Waals surface area contributed by atoms with E-state index < -0.39 is 5.97 Å². The Kier molecular flexibility index (Phi) is 6.48. The number of carboxylic acids is 1. The predicted octanol–water partition coefficient (Wildman–Crippen LogP) is 2.99. The summed E-state index contributed by atoms with van der Waals surface area (Å²) in [5.41, 5.74) is 9.14. The minimum Gasteiger partial charge on any atom is -0.497 e. The molecule has 0 aliphatic heterocycles. The number of hydrogen-bond donors (Lipinski definition) is 3. The SMILES string of the molecule is CC(=O)O.COc1ccc2[nH]c(=O)c(-c3cn(CCCN)c4ccccc34)nc2c1. The van der Waals surface area contributed by atoms with Crippen molar-refractivity contribution in [2.75, 3.05) is 13.7 Å². The summed E-state index contributed by atoms with van der Waals surface area (Å²) in [6, 6.07) is 13.5. The molecular formula is C22H24N4O4. The van der Waals surface area contributed by atoms with Gasteiger partial charge in [0.05, 0.1) is 18.1 Å². The van der Waals surface area contributed by atoms with E-state index in [1.54, 1.807) is 19.2 Å². The molecule has 0 aliphatic rings. The van der Waals surface area contributed by atoms with Crippen molar-refractivity contribution >= 4 is 27.9 Å². The molecule has 0 unspecified atom stereocenters. The van der Waals surface area contributed by atoms with E-state index in [0.717, 1.165) is 36.4 Å². The zero-order chi connectivity index (χ0) is 21.7. The number of aromatic amines is 1. The van der Waals surface area contributed by atoms with Gasteiger partial charge in [0.15, 0.2) is 0 Å². The highest BCUT2D eigenvalue weighted by atomic mass is 16.5. The first kappa shape index (κ1) is 21.1. The van der Waals surface area contributed by atoms with Crippen molar-refractivity contribution in [3.8, 4) is 17.0 Å². The number of nitrogens with one attached hydrogen (secondary N) is 1. The Hall–Kier alpha value is -3.65. The highest BCUT2D eigenvalue weighted by molar-refractivity contribution is 5.95. The van der Waals surface area contributed by atoms with Gasteiger partial charge in [-0.25, -0.2) is 4.98 Å². The van der Waals surface area contributed by atoms with E-state index in [1.807, 2.05) is 36.5 Å². The summed E-state index contributed by atoms with van der Waals surface area (Å²) < 4.78 is 7.40. The smallest absolute Gasteiger partial charge is 0.300 e. The maximum Gasteiger partial charge on any atom is 0.300 e. The Morgan fingerprint density at radius 2 is 2.00 bits per heavy atom. The predicted molar refractivity (Wildman–Crippen MR) is 117 cm³/mol. The monoisotopic (exact) mass is 408 g/mol. The third kappa shape index (κ3) is 4.49. The molecule has 0 atom stereocenters. The number of para-hydroxylation sites is 1. The Bertz CT molecular complexity index is 1240. The van der Waals surface area contributed by atoms with Crippen LogP contribution in [0.1, 0.15) is 13.3 Å². The molecule has 2 aromatic heterocycles. The van der Waals surface area contributed by atoms with Crippen LogP contribution >= 0.6 is 0 Å². The minimum absolute atomic E-state index is 0.204. The molecule has 8 nitrogen and oxygen atoms in total. The summed E-state index contributed by atoms with van der Waals surface area (Å²) in [5, 5.41) is 8.42. The average Bonchev–Trinajstić information content (AvgIpc) is 3.09. The molecule has 4 N–H and O–H groups in total. The van der Waals surface area contributed by atoms with Gasteiger partial charge in [0.1, 0.15) is 11.4 Å². The number of aromatic nitrogens is 3. The van der Waals surface area contributed by atoms with E-state index in [2.05, 4.69) is 14.5 Å². The van der Waals surface area contributed by atoms with Gasteiger partial charge in [0.2, 0.25) is 0 Å². The molecule has 0 spiro atoms. The number of hydrogen-bond acceptors (Lipinski definition) is 5. The molecule has 30 heavy (non-hydrogen) atoms. The van der Waals surface area contributed by atoms with E-state index in [1.165, 1.54) is 0 Å². The lowest BCUT2D eigenvalue weighted by Gasteiger charge is -2.04. The quantitative estimate of drug-likeness (QED) is 0.466. The van der Waals surface area contributed by atoms with E-state index >= 15 is 0 Å². The molecule has 0 bridgehead atoms. The maximum absolute atomic E-state index is 12.7.